The van der Waals surface area contributed by atoms with Gasteiger partial charge in [-0.3, -0.25) is 14.6 Å². The molecule has 0 saturated heterocycles. The van der Waals surface area contributed by atoms with E-state index in [4.69, 9.17) is 15.2 Å². The number of primary amides is 1. The monoisotopic (exact) mass is 481 g/mol. The quantitative estimate of drug-likeness (QED) is 0.336. The molecule has 3 aromatic carbocycles. The summed E-state index contributed by atoms with van der Waals surface area (Å²) in [7, 11) is 0. The topological polar surface area (TPSA) is 104 Å². The Morgan fingerprint density at radius 3 is 2.00 bits per heavy atom. The van der Waals surface area contributed by atoms with Crippen molar-refractivity contribution < 1.29 is 19.1 Å². The number of rotatable bonds is 11. The average Bonchev–Trinajstić information content (AvgIpc) is 2.92. The molecule has 0 radical (unpaired) electrons. The Kier molecular flexibility index (Phi) is 8.27. The Morgan fingerprint density at radius 1 is 0.778 bits per heavy atom. The van der Waals surface area contributed by atoms with Crippen LogP contribution in [0.15, 0.2) is 103 Å². The number of benzene rings is 3. The number of hydrogen-bond donors (Lipinski definition) is 2. The molecule has 0 unspecified atom stereocenters. The maximum absolute atomic E-state index is 12.5. The number of carbonyl (C=O) groups is 2. The number of nitrogens with two attached hydrogens (primary N) is 1. The molecule has 3 N–H and O–H groups in total. The smallest absolute Gasteiger partial charge is 0.253 e. The van der Waals surface area contributed by atoms with E-state index < -0.39 is 17.9 Å². The van der Waals surface area contributed by atoms with E-state index in [0.717, 1.165) is 16.7 Å². The molecule has 7 nitrogen and oxygen atoms in total. The number of nitrogens with zero attached hydrogens (tertiary/aromatic N) is 1. The summed E-state index contributed by atoms with van der Waals surface area (Å²) in [5.41, 5.74) is 8.75. The lowest BCUT2D eigenvalue weighted by atomic mass is 10.0. The van der Waals surface area contributed by atoms with Gasteiger partial charge in [-0.05, 0) is 41.0 Å². The van der Waals surface area contributed by atoms with Crippen LogP contribution in [-0.4, -0.2) is 22.8 Å². The summed E-state index contributed by atoms with van der Waals surface area (Å²) in [4.78, 5) is 28.6. The summed E-state index contributed by atoms with van der Waals surface area (Å²) in [5, 5.41) is 2.69. The molecule has 0 aliphatic carbocycles. The van der Waals surface area contributed by atoms with Crippen molar-refractivity contribution in [3.8, 4) is 11.5 Å². The lowest BCUT2D eigenvalue weighted by molar-refractivity contribution is -0.119. The minimum atomic E-state index is -0.907. The molecule has 7 heteroatoms. The van der Waals surface area contributed by atoms with Gasteiger partial charge < -0.3 is 20.5 Å². The fourth-order valence-electron chi connectivity index (χ4n) is 3.58. The molecule has 0 bridgehead atoms. The summed E-state index contributed by atoms with van der Waals surface area (Å²) in [6.45, 7) is 0.732. The SMILES string of the molecule is NC(=O)[C@H](Cc1ccc(OCc2ccccc2)c(OCc2ccccc2)c1)NC(=O)c1cccnc1. The molecule has 1 atom stereocenters. The summed E-state index contributed by atoms with van der Waals surface area (Å²) in [5.74, 6) is 0.0568. The third-order valence-corrected chi connectivity index (χ3v) is 5.49. The molecule has 1 aromatic heterocycles. The molecule has 0 aliphatic heterocycles. The van der Waals surface area contributed by atoms with E-state index in [0.29, 0.717) is 30.3 Å². The van der Waals surface area contributed by atoms with Crippen molar-refractivity contribution in [2.75, 3.05) is 0 Å². The Balaban J connectivity index is 1.51. The number of aromatic nitrogens is 1. The molecule has 2 amide bonds. The summed E-state index contributed by atoms with van der Waals surface area (Å²) < 4.78 is 12.2. The van der Waals surface area contributed by atoms with E-state index >= 15 is 0 Å². The lowest BCUT2D eigenvalue weighted by Crippen LogP contribution is -2.45. The Hall–Kier alpha value is -4.65. The van der Waals surface area contributed by atoms with E-state index in [1.54, 1.807) is 24.4 Å². The first-order valence-corrected chi connectivity index (χ1v) is 11.5. The summed E-state index contributed by atoms with van der Waals surface area (Å²) in [6.07, 6.45) is 3.20. The van der Waals surface area contributed by atoms with E-state index in [2.05, 4.69) is 10.3 Å². The fraction of sp³-hybridized carbons (Fsp3) is 0.138. The second-order valence-electron chi connectivity index (χ2n) is 8.20. The highest BCUT2D eigenvalue weighted by atomic mass is 16.5. The van der Waals surface area contributed by atoms with Crippen molar-refractivity contribution in [2.45, 2.75) is 25.7 Å². The van der Waals surface area contributed by atoms with Crippen LogP contribution in [0.1, 0.15) is 27.0 Å². The van der Waals surface area contributed by atoms with Crippen molar-refractivity contribution >= 4 is 11.8 Å². The number of amides is 2. The van der Waals surface area contributed by atoms with Crippen LogP contribution >= 0.6 is 0 Å². The van der Waals surface area contributed by atoms with Crippen molar-refractivity contribution in [3.05, 3.63) is 126 Å². The van der Waals surface area contributed by atoms with E-state index in [9.17, 15) is 9.59 Å². The van der Waals surface area contributed by atoms with Gasteiger partial charge in [-0.2, -0.15) is 0 Å². The first-order valence-electron chi connectivity index (χ1n) is 11.5. The van der Waals surface area contributed by atoms with Crippen molar-refractivity contribution in [1.82, 2.24) is 10.3 Å². The molecule has 4 aromatic rings. The Morgan fingerprint density at radius 2 is 1.42 bits per heavy atom. The Labute approximate surface area is 209 Å². The second-order valence-corrected chi connectivity index (χ2v) is 8.20. The van der Waals surface area contributed by atoms with Gasteiger partial charge in [0.2, 0.25) is 5.91 Å². The van der Waals surface area contributed by atoms with Crippen LogP contribution in [0.5, 0.6) is 11.5 Å². The maximum atomic E-state index is 12.5. The van der Waals surface area contributed by atoms with Gasteiger partial charge in [0, 0.05) is 18.8 Å². The van der Waals surface area contributed by atoms with Crippen LogP contribution < -0.4 is 20.5 Å². The predicted molar refractivity (Wildman–Crippen MR) is 136 cm³/mol. The van der Waals surface area contributed by atoms with Gasteiger partial charge in [0.25, 0.3) is 5.91 Å². The normalized spacial score (nSPS) is 11.3. The number of hydrogen-bond acceptors (Lipinski definition) is 5. The van der Waals surface area contributed by atoms with Gasteiger partial charge in [-0.25, -0.2) is 0 Å². The molecule has 0 aliphatic rings. The van der Waals surface area contributed by atoms with Crippen LogP contribution in [0.4, 0.5) is 0 Å². The van der Waals surface area contributed by atoms with Crippen LogP contribution in [0, 0.1) is 0 Å². The molecule has 1 heterocycles. The minimum absolute atomic E-state index is 0.196. The largest absolute Gasteiger partial charge is 0.485 e. The number of carbonyl (C=O) groups excluding carboxylic acids is 2. The third-order valence-electron chi connectivity index (χ3n) is 5.49. The molecular formula is C29H27N3O4. The Bertz CT molecular complexity index is 1280. The van der Waals surface area contributed by atoms with Crippen LogP contribution in [-0.2, 0) is 24.4 Å². The van der Waals surface area contributed by atoms with Crippen molar-refractivity contribution in [2.24, 2.45) is 5.73 Å². The van der Waals surface area contributed by atoms with E-state index in [1.807, 2.05) is 72.8 Å². The zero-order valence-corrected chi connectivity index (χ0v) is 19.7. The zero-order chi connectivity index (χ0) is 25.2. The zero-order valence-electron chi connectivity index (χ0n) is 19.7. The van der Waals surface area contributed by atoms with Crippen LogP contribution in [0.2, 0.25) is 0 Å². The standard InChI is InChI=1S/C29H27N3O4/c30-28(33)25(32-29(34)24-12-7-15-31-18-24)16-23-13-14-26(35-19-21-8-3-1-4-9-21)27(17-23)36-20-22-10-5-2-6-11-22/h1-15,17-18,25H,16,19-20H2,(H2,30,33)(H,32,34)/t25-/m0/s1. The molecule has 36 heavy (non-hydrogen) atoms. The average molecular weight is 482 g/mol. The molecule has 0 saturated carbocycles. The predicted octanol–water partition coefficient (Wildman–Crippen LogP) is 4.07. The van der Waals surface area contributed by atoms with Gasteiger partial charge in [0.15, 0.2) is 11.5 Å². The molecule has 4 rings (SSSR count). The van der Waals surface area contributed by atoms with Gasteiger partial charge >= 0.3 is 0 Å². The lowest BCUT2D eigenvalue weighted by Gasteiger charge is -2.18. The van der Waals surface area contributed by atoms with E-state index in [-0.39, 0.29) is 6.42 Å². The summed E-state index contributed by atoms with van der Waals surface area (Å²) in [6, 6.07) is 27.5. The van der Waals surface area contributed by atoms with Crippen LogP contribution in [0.25, 0.3) is 0 Å². The number of nitrogens with one attached hydrogen (secondary N) is 1. The second kappa shape index (κ2) is 12.2. The van der Waals surface area contributed by atoms with Crippen molar-refractivity contribution in [1.29, 1.82) is 0 Å². The first kappa shape index (κ1) is 24.5. The minimum Gasteiger partial charge on any atom is -0.485 e. The van der Waals surface area contributed by atoms with Gasteiger partial charge in [-0.1, -0.05) is 66.7 Å². The number of ether oxygens (including phenoxy) is 2. The molecule has 0 spiro atoms. The van der Waals surface area contributed by atoms with Gasteiger partial charge in [0.05, 0.1) is 5.56 Å². The van der Waals surface area contributed by atoms with Gasteiger partial charge in [-0.15, -0.1) is 0 Å². The molecule has 182 valence electrons. The fourth-order valence-corrected chi connectivity index (χ4v) is 3.58. The maximum Gasteiger partial charge on any atom is 0.253 e. The van der Waals surface area contributed by atoms with Crippen LogP contribution in [0.3, 0.4) is 0 Å². The first-order chi connectivity index (χ1) is 17.6. The summed E-state index contributed by atoms with van der Waals surface area (Å²) >= 11 is 0. The molecule has 0 fully saturated rings. The number of pyridine rings is 1. The third kappa shape index (κ3) is 6.93. The van der Waals surface area contributed by atoms with Gasteiger partial charge in [0.1, 0.15) is 19.3 Å². The highest BCUT2D eigenvalue weighted by Crippen LogP contribution is 2.30. The highest BCUT2D eigenvalue weighted by molar-refractivity contribution is 5.97. The molecular weight excluding hydrogens is 454 g/mol. The van der Waals surface area contributed by atoms with Crippen molar-refractivity contribution in [3.63, 3.8) is 0 Å². The van der Waals surface area contributed by atoms with E-state index in [1.165, 1.54) is 6.20 Å². The highest BCUT2D eigenvalue weighted by Gasteiger charge is 2.20.